The van der Waals surface area contributed by atoms with E-state index in [0.29, 0.717) is 17.7 Å². The van der Waals surface area contributed by atoms with E-state index in [1.807, 2.05) is 6.07 Å². The molecule has 0 aliphatic rings. The number of hydrogen-bond donors (Lipinski definition) is 3. The molecule has 7 nitrogen and oxygen atoms in total. The Balaban J connectivity index is 1.93. The lowest BCUT2D eigenvalue weighted by molar-refractivity contribution is -0.00169. The number of rotatable bonds is 9. The van der Waals surface area contributed by atoms with Gasteiger partial charge in [0.25, 0.3) is 5.91 Å². The van der Waals surface area contributed by atoms with Crippen LogP contribution in [-0.4, -0.2) is 39.4 Å². The van der Waals surface area contributed by atoms with Crippen LogP contribution in [-0.2, 0) is 14.8 Å². The van der Waals surface area contributed by atoms with E-state index in [4.69, 9.17) is 9.84 Å². The highest BCUT2D eigenvalue weighted by Gasteiger charge is 2.13. The summed E-state index contributed by atoms with van der Waals surface area (Å²) in [5.41, 5.74) is 1.02. The van der Waals surface area contributed by atoms with Gasteiger partial charge in [0.2, 0.25) is 10.0 Å². The maximum atomic E-state index is 12.1. The highest BCUT2D eigenvalue weighted by Crippen LogP contribution is 2.15. The summed E-state index contributed by atoms with van der Waals surface area (Å²) in [6.45, 7) is 0.0845. The molecule has 1 amide bonds. The van der Waals surface area contributed by atoms with Gasteiger partial charge in [0.15, 0.2) is 0 Å². The van der Waals surface area contributed by atoms with Crippen LogP contribution in [0, 0.1) is 0 Å². The molecule has 0 heterocycles. The Labute approximate surface area is 146 Å². The summed E-state index contributed by atoms with van der Waals surface area (Å²) in [6, 6.07) is 14.6. The summed E-state index contributed by atoms with van der Waals surface area (Å²) in [5.74, 6) is -0.266. The summed E-state index contributed by atoms with van der Waals surface area (Å²) in [5, 5.41) is 11.2. The van der Waals surface area contributed by atoms with Crippen LogP contribution in [0.25, 0.3) is 0 Å². The third-order valence-electron chi connectivity index (χ3n) is 3.31. The lowest BCUT2D eigenvalue weighted by Gasteiger charge is -2.09. The third-order valence-corrected chi connectivity index (χ3v) is 4.78. The monoisotopic (exact) mass is 364 g/mol. The number of aliphatic hydroxyl groups is 1. The van der Waals surface area contributed by atoms with Crippen molar-refractivity contribution in [3.05, 3.63) is 60.2 Å². The van der Waals surface area contributed by atoms with E-state index in [9.17, 15) is 13.2 Å². The van der Waals surface area contributed by atoms with Gasteiger partial charge in [-0.2, -0.15) is 0 Å². The molecular weight excluding hydrogens is 344 g/mol. The van der Waals surface area contributed by atoms with Crippen molar-refractivity contribution in [1.29, 1.82) is 0 Å². The van der Waals surface area contributed by atoms with E-state index >= 15 is 0 Å². The van der Waals surface area contributed by atoms with Gasteiger partial charge in [0.05, 0.1) is 11.5 Å². The van der Waals surface area contributed by atoms with Gasteiger partial charge in [-0.3, -0.25) is 4.79 Å². The standard InChI is InChI=1S/C17H20N2O5S/c20-13-24-12-4-11-18-25(22,23)16-9-7-15(8-10-16)19-17(21)14-5-2-1-3-6-14/h1-3,5-10,18,20H,4,11-13H2,(H,19,21). The van der Waals surface area contributed by atoms with Crippen molar-refractivity contribution in [2.24, 2.45) is 0 Å². The maximum absolute atomic E-state index is 12.1. The molecule has 2 aromatic carbocycles. The number of anilines is 1. The molecule has 0 radical (unpaired) electrons. The average Bonchev–Trinajstić information content (AvgIpc) is 2.62. The Morgan fingerprint density at radius 2 is 1.72 bits per heavy atom. The summed E-state index contributed by atoms with van der Waals surface area (Å²) < 4.78 is 31.4. The Kier molecular flexibility index (Phi) is 7.08. The minimum absolute atomic E-state index is 0.105. The quantitative estimate of drug-likeness (QED) is 0.463. The second-order valence-corrected chi connectivity index (χ2v) is 6.90. The van der Waals surface area contributed by atoms with Crippen molar-refractivity contribution in [2.45, 2.75) is 11.3 Å². The number of nitrogens with one attached hydrogen (secondary N) is 2. The molecule has 0 aromatic heterocycles. The van der Waals surface area contributed by atoms with Gasteiger partial charge in [-0.05, 0) is 42.8 Å². The molecule has 134 valence electrons. The number of aliphatic hydroxyl groups excluding tert-OH is 1. The zero-order valence-corrected chi connectivity index (χ0v) is 14.3. The van der Waals surface area contributed by atoms with Gasteiger partial charge < -0.3 is 15.2 Å². The van der Waals surface area contributed by atoms with Crippen LogP contribution in [0.1, 0.15) is 16.8 Å². The lowest BCUT2D eigenvalue weighted by atomic mass is 10.2. The molecule has 8 heteroatoms. The molecule has 0 unspecified atom stereocenters. The maximum Gasteiger partial charge on any atom is 0.255 e. The van der Waals surface area contributed by atoms with Crippen LogP contribution < -0.4 is 10.0 Å². The Morgan fingerprint density at radius 3 is 2.36 bits per heavy atom. The van der Waals surface area contributed by atoms with Crippen LogP contribution in [0.3, 0.4) is 0 Å². The van der Waals surface area contributed by atoms with Crippen molar-refractivity contribution in [3.8, 4) is 0 Å². The fraction of sp³-hybridized carbons (Fsp3) is 0.235. The Bertz CT molecular complexity index is 776. The van der Waals surface area contributed by atoms with Gasteiger partial charge in [0.1, 0.15) is 6.79 Å². The molecule has 0 spiro atoms. The number of hydrogen-bond acceptors (Lipinski definition) is 5. The predicted molar refractivity (Wildman–Crippen MR) is 93.7 cm³/mol. The molecule has 3 N–H and O–H groups in total. The molecule has 0 fully saturated rings. The largest absolute Gasteiger partial charge is 0.371 e. The molecule has 2 aromatic rings. The van der Waals surface area contributed by atoms with E-state index < -0.39 is 10.0 Å². The molecule has 0 aliphatic carbocycles. The van der Waals surface area contributed by atoms with Crippen molar-refractivity contribution < 1.29 is 23.1 Å². The fourth-order valence-corrected chi connectivity index (χ4v) is 3.11. The number of sulfonamides is 1. The van der Waals surface area contributed by atoms with Crippen molar-refractivity contribution in [3.63, 3.8) is 0 Å². The van der Waals surface area contributed by atoms with E-state index in [0.717, 1.165) is 0 Å². The van der Waals surface area contributed by atoms with Crippen LogP contribution in [0.4, 0.5) is 5.69 Å². The molecule has 0 saturated carbocycles. The number of ether oxygens (including phenoxy) is 1. The predicted octanol–water partition coefficient (Wildman–Crippen LogP) is 1.57. The zero-order chi connectivity index (χ0) is 18.1. The van der Waals surface area contributed by atoms with Gasteiger partial charge in [-0.15, -0.1) is 0 Å². The highest BCUT2D eigenvalue weighted by atomic mass is 32.2. The minimum atomic E-state index is -3.63. The van der Waals surface area contributed by atoms with Gasteiger partial charge in [-0.1, -0.05) is 18.2 Å². The van der Waals surface area contributed by atoms with E-state index in [1.165, 1.54) is 24.3 Å². The topological polar surface area (TPSA) is 105 Å². The molecule has 0 atom stereocenters. The summed E-state index contributed by atoms with van der Waals surface area (Å²) in [4.78, 5) is 12.2. The van der Waals surface area contributed by atoms with Gasteiger partial charge in [0, 0.05) is 17.8 Å². The Hall–Kier alpha value is -2.26. The normalized spacial score (nSPS) is 11.2. The second-order valence-electron chi connectivity index (χ2n) is 5.13. The van der Waals surface area contributed by atoms with E-state index in [-0.39, 0.29) is 30.7 Å². The third kappa shape index (κ3) is 5.95. The number of carbonyl (C=O) groups excluding carboxylic acids is 1. The van der Waals surface area contributed by atoms with E-state index in [2.05, 4.69) is 10.0 Å². The number of carbonyl (C=O) groups is 1. The van der Waals surface area contributed by atoms with Crippen LogP contribution in [0.15, 0.2) is 59.5 Å². The molecular formula is C17H20N2O5S. The first-order chi connectivity index (χ1) is 12.0. The Morgan fingerprint density at radius 1 is 1.04 bits per heavy atom. The van der Waals surface area contributed by atoms with Crippen molar-refractivity contribution in [1.82, 2.24) is 4.72 Å². The van der Waals surface area contributed by atoms with Crippen LogP contribution in [0.5, 0.6) is 0 Å². The second kappa shape index (κ2) is 9.28. The molecule has 25 heavy (non-hydrogen) atoms. The first-order valence-electron chi connectivity index (χ1n) is 7.67. The number of amides is 1. The molecule has 0 aliphatic heterocycles. The molecule has 0 saturated heterocycles. The van der Waals surface area contributed by atoms with Crippen LogP contribution in [0.2, 0.25) is 0 Å². The summed E-state index contributed by atoms with van der Waals surface area (Å²) >= 11 is 0. The van der Waals surface area contributed by atoms with E-state index in [1.54, 1.807) is 24.3 Å². The summed E-state index contributed by atoms with van der Waals surface area (Å²) in [7, 11) is -3.63. The average molecular weight is 364 g/mol. The number of benzene rings is 2. The smallest absolute Gasteiger partial charge is 0.255 e. The van der Waals surface area contributed by atoms with Gasteiger partial charge >= 0.3 is 0 Å². The van der Waals surface area contributed by atoms with Crippen molar-refractivity contribution >= 4 is 21.6 Å². The first-order valence-corrected chi connectivity index (χ1v) is 9.16. The molecule has 0 bridgehead atoms. The minimum Gasteiger partial charge on any atom is -0.371 e. The van der Waals surface area contributed by atoms with Crippen molar-refractivity contribution in [2.75, 3.05) is 25.3 Å². The summed E-state index contributed by atoms with van der Waals surface area (Å²) in [6.07, 6.45) is 0.449. The SMILES string of the molecule is O=C(Nc1ccc(S(=O)(=O)NCCCOCO)cc1)c1ccccc1. The molecule has 2 rings (SSSR count). The zero-order valence-electron chi connectivity index (χ0n) is 13.5. The lowest BCUT2D eigenvalue weighted by Crippen LogP contribution is -2.25. The fourth-order valence-electron chi connectivity index (χ4n) is 2.04. The van der Waals surface area contributed by atoms with Crippen LogP contribution >= 0.6 is 0 Å². The van der Waals surface area contributed by atoms with Gasteiger partial charge in [-0.25, -0.2) is 13.1 Å². The first kappa shape index (κ1) is 19.1. The highest BCUT2D eigenvalue weighted by molar-refractivity contribution is 7.89.